The van der Waals surface area contributed by atoms with Crippen LogP contribution in [0.5, 0.6) is 0 Å². The molecule has 3 heteroatoms. The number of hydrogen-bond acceptors (Lipinski definition) is 2. The van der Waals surface area contributed by atoms with Crippen molar-refractivity contribution in [3.05, 3.63) is 60.7 Å². The third kappa shape index (κ3) is 1.72. The lowest BCUT2D eigenvalue weighted by atomic mass is 10.1. The van der Waals surface area contributed by atoms with E-state index in [2.05, 4.69) is 11.6 Å². The lowest BCUT2D eigenvalue weighted by Crippen LogP contribution is -2.07. The predicted molar refractivity (Wildman–Crippen MR) is 58.5 cm³/mol. The van der Waals surface area contributed by atoms with Gasteiger partial charge in [-0.05, 0) is 0 Å². The fraction of sp³-hybridized carbons (Fsp3) is 0. The Morgan fingerprint density at radius 1 is 1.33 bits per heavy atom. The molecule has 0 radical (unpaired) electrons. The van der Waals surface area contributed by atoms with Gasteiger partial charge in [0.15, 0.2) is 5.82 Å². The zero-order valence-corrected chi connectivity index (χ0v) is 8.13. The van der Waals surface area contributed by atoms with Gasteiger partial charge >= 0.3 is 0 Å². The number of ketones is 1. The van der Waals surface area contributed by atoms with Crippen LogP contribution in [0.15, 0.2) is 49.3 Å². The SMILES string of the molecule is C=Cn1ccnc1C(=O)c1ccccc1. The Kier molecular flexibility index (Phi) is 2.46. The molecule has 0 spiro atoms. The first-order valence-electron chi connectivity index (χ1n) is 4.58. The van der Waals surface area contributed by atoms with E-state index >= 15 is 0 Å². The summed E-state index contributed by atoms with van der Waals surface area (Å²) < 4.78 is 1.61. The Balaban J connectivity index is 2.41. The Hall–Kier alpha value is -2.16. The summed E-state index contributed by atoms with van der Waals surface area (Å²) in [6.45, 7) is 3.61. The second kappa shape index (κ2) is 3.92. The Morgan fingerprint density at radius 3 is 2.73 bits per heavy atom. The van der Waals surface area contributed by atoms with Gasteiger partial charge in [-0.15, -0.1) is 0 Å². The van der Waals surface area contributed by atoms with Crippen molar-refractivity contribution in [2.75, 3.05) is 0 Å². The lowest BCUT2D eigenvalue weighted by Gasteiger charge is -2.00. The van der Waals surface area contributed by atoms with Crippen molar-refractivity contribution in [1.82, 2.24) is 9.55 Å². The van der Waals surface area contributed by atoms with Crippen molar-refractivity contribution in [3.63, 3.8) is 0 Å². The molecule has 0 saturated carbocycles. The highest BCUT2D eigenvalue weighted by Crippen LogP contribution is 2.07. The van der Waals surface area contributed by atoms with Gasteiger partial charge < -0.3 is 4.57 Å². The normalized spacial score (nSPS) is 9.87. The maximum atomic E-state index is 12.0. The minimum atomic E-state index is -0.0968. The molecule has 0 aliphatic rings. The van der Waals surface area contributed by atoms with Crippen molar-refractivity contribution in [2.45, 2.75) is 0 Å². The maximum absolute atomic E-state index is 12.0. The molecule has 0 bridgehead atoms. The van der Waals surface area contributed by atoms with Gasteiger partial charge in [-0.2, -0.15) is 0 Å². The molecular weight excluding hydrogens is 188 g/mol. The second-order valence-corrected chi connectivity index (χ2v) is 3.04. The van der Waals surface area contributed by atoms with Gasteiger partial charge in [-0.3, -0.25) is 4.79 Å². The van der Waals surface area contributed by atoms with Crippen LogP contribution in [0.4, 0.5) is 0 Å². The summed E-state index contributed by atoms with van der Waals surface area (Å²) in [6, 6.07) is 9.06. The standard InChI is InChI=1S/C12H10N2O/c1-2-14-9-8-13-12(14)11(15)10-6-4-3-5-7-10/h2-9H,1H2. The molecule has 2 rings (SSSR count). The van der Waals surface area contributed by atoms with Crippen molar-refractivity contribution < 1.29 is 4.79 Å². The summed E-state index contributed by atoms with van der Waals surface area (Å²) in [5.41, 5.74) is 0.631. The molecule has 0 saturated heterocycles. The zero-order valence-electron chi connectivity index (χ0n) is 8.13. The molecule has 0 aliphatic heterocycles. The van der Waals surface area contributed by atoms with E-state index in [1.54, 1.807) is 35.3 Å². The quantitative estimate of drug-likeness (QED) is 0.709. The summed E-state index contributed by atoms with van der Waals surface area (Å²) in [7, 11) is 0. The summed E-state index contributed by atoms with van der Waals surface area (Å²) in [5, 5.41) is 0. The zero-order chi connectivity index (χ0) is 10.7. The van der Waals surface area contributed by atoms with Crippen LogP contribution in [0.25, 0.3) is 6.20 Å². The number of nitrogens with zero attached hydrogens (tertiary/aromatic N) is 2. The monoisotopic (exact) mass is 198 g/mol. The molecule has 15 heavy (non-hydrogen) atoms. The Labute approximate surface area is 87.7 Å². The van der Waals surface area contributed by atoms with Gasteiger partial charge in [0.2, 0.25) is 5.78 Å². The van der Waals surface area contributed by atoms with E-state index in [0.29, 0.717) is 11.4 Å². The van der Waals surface area contributed by atoms with Crippen molar-refractivity contribution in [3.8, 4) is 0 Å². The average Bonchev–Trinajstić information content (AvgIpc) is 2.77. The molecule has 0 atom stereocenters. The molecule has 74 valence electrons. The molecule has 3 nitrogen and oxygen atoms in total. The molecule has 1 aromatic carbocycles. The molecule has 0 unspecified atom stereocenters. The highest BCUT2D eigenvalue weighted by atomic mass is 16.1. The van der Waals surface area contributed by atoms with Crippen LogP contribution in [0.3, 0.4) is 0 Å². The molecule has 1 aromatic heterocycles. The number of hydrogen-bond donors (Lipinski definition) is 0. The van der Waals surface area contributed by atoms with Crippen LogP contribution in [-0.4, -0.2) is 15.3 Å². The van der Waals surface area contributed by atoms with E-state index in [9.17, 15) is 4.79 Å². The highest BCUT2D eigenvalue weighted by molar-refractivity contribution is 6.07. The van der Waals surface area contributed by atoms with Gasteiger partial charge in [0.25, 0.3) is 0 Å². The van der Waals surface area contributed by atoms with Gasteiger partial charge in [0.05, 0.1) is 0 Å². The predicted octanol–water partition coefficient (Wildman–Crippen LogP) is 2.21. The number of benzene rings is 1. The van der Waals surface area contributed by atoms with Crippen LogP contribution in [0.2, 0.25) is 0 Å². The molecule has 0 amide bonds. The lowest BCUT2D eigenvalue weighted by molar-refractivity contribution is 0.102. The number of carbonyl (C=O) groups is 1. The second-order valence-electron chi connectivity index (χ2n) is 3.04. The summed E-state index contributed by atoms with van der Waals surface area (Å²) in [4.78, 5) is 16.0. The van der Waals surface area contributed by atoms with E-state index in [1.165, 1.54) is 0 Å². The maximum Gasteiger partial charge on any atom is 0.228 e. The third-order valence-electron chi connectivity index (χ3n) is 2.10. The van der Waals surface area contributed by atoms with Crippen LogP contribution in [0, 0.1) is 0 Å². The Morgan fingerprint density at radius 2 is 2.07 bits per heavy atom. The van der Waals surface area contributed by atoms with Crippen LogP contribution in [0.1, 0.15) is 16.2 Å². The molecule has 0 fully saturated rings. The largest absolute Gasteiger partial charge is 0.304 e. The minimum absolute atomic E-state index is 0.0968. The summed E-state index contributed by atoms with van der Waals surface area (Å²) in [6.07, 6.45) is 4.84. The third-order valence-corrected chi connectivity index (χ3v) is 2.10. The summed E-state index contributed by atoms with van der Waals surface area (Å²) >= 11 is 0. The van der Waals surface area contributed by atoms with Gasteiger partial charge in [0.1, 0.15) is 0 Å². The van der Waals surface area contributed by atoms with E-state index in [-0.39, 0.29) is 5.78 Å². The highest BCUT2D eigenvalue weighted by Gasteiger charge is 2.12. The van der Waals surface area contributed by atoms with Crippen LogP contribution >= 0.6 is 0 Å². The fourth-order valence-corrected chi connectivity index (χ4v) is 1.35. The molecular formula is C12H10N2O. The first kappa shape index (κ1) is 9.40. The smallest absolute Gasteiger partial charge is 0.228 e. The summed E-state index contributed by atoms with van der Waals surface area (Å²) in [5.74, 6) is 0.289. The number of aromatic nitrogens is 2. The first-order valence-corrected chi connectivity index (χ1v) is 4.58. The van der Waals surface area contributed by atoms with Gasteiger partial charge in [-0.1, -0.05) is 36.9 Å². The van der Waals surface area contributed by atoms with Crippen molar-refractivity contribution >= 4 is 12.0 Å². The van der Waals surface area contributed by atoms with Gasteiger partial charge in [0, 0.05) is 24.2 Å². The van der Waals surface area contributed by atoms with Crippen molar-refractivity contribution in [2.24, 2.45) is 0 Å². The van der Waals surface area contributed by atoms with E-state index in [0.717, 1.165) is 0 Å². The van der Waals surface area contributed by atoms with E-state index < -0.39 is 0 Å². The molecule has 2 aromatic rings. The van der Waals surface area contributed by atoms with Crippen molar-refractivity contribution in [1.29, 1.82) is 0 Å². The topological polar surface area (TPSA) is 34.9 Å². The molecule has 0 N–H and O–H groups in total. The minimum Gasteiger partial charge on any atom is -0.304 e. The number of rotatable bonds is 3. The number of carbonyl (C=O) groups excluding carboxylic acids is 1. The Bertz CT molecular complexity index is 485. The van der Waals surface area contributed by atoms with E-state index in [1.807, 2.05) is 18.2 Å². The number of imidazole rings is 1. The van der Waals surface area contributed by atoms with Gasteiger partial charge in [-0.25, -0.2) is 4.98 Å². The van der Waals surface area contributed by atoms with E-state index in [4.69, 9.17) is 0 Å². The fourth-order valence-electron chi connectivity index (χ4n) is 1.35. The molecule has 1 heterocycles. The first-order chi connectivity index (χ1) is 7.33. The van der Waals surface area contributed by atoms with Crippen LogP contribution in [-0.2, 0) is 0 Å². The average molecular weight is 198 g/mol. The molecule has 0 aliphatic carbocycles. The van der Waals surface area contributed by atoms with Crippen LogP contribution < -0.4 is 0 Å².